The predicted octanol–water partition coefficient (Wildman–Crippen LogP) is -0.364. The Kier molecular flexibility index (Phi) is 5.93. The van der Waals surface area contributed by atoms with Crippen LogP contribution in [0.4, 0.5) is 0 Å². The molecule has 1 aliphatic rings. The van der Waals surface area contributed by atoms with Crippen LogP contribution >= 0.6 is 0 Å². The standard InChI is InChI=1S/C13H21N3O4S2/c17-21(18,16-12-6-8-14-9-7-12)11-10-15-22(19,20)13-4-2-1-3-5-13/h1-5,12,14-16H,6-11H2. The van der Waals surface area contributed by atoms with Crippen LogP contribution in [-0.4, -0.2) is 48.3 Å². The number of hydrogen-bond acceptors (Lipinski definition) is 5. The summed E-state index contributed by atoms with van der Waals surface area (Å²) in [6.07, 6.45) is 1.49. The molecule has 124 valence electrons. The Bertz CT molecular complexity index is 668. The SMILES string of the molecule is O=S(=O)(CCNS(=O)(=O)c1ccccc1)NC1CCNCC1. The average molecular weight is 347 g/mol. The zero-order valence-electron chi connectivity index (χ0n) is 12.2. The molecule has 1 saturated heterocycles. The van der Waals surface area contributed by atoms with Gasteiger partial charge in [-0.3, -0.25) is 0 Å². The van der Waals surface area contributed by atoms with Crippen LogP contribution in [0.15, 0.2) is 35.2 Å². The zero-order valence-corrected chi connectivity index (χ0v) is 13.8. The minimum atomic E-state index is -3.67. The maximum absolute atomic E-state index is 12.0. The fraction of sp³-hybridized carbons (Fsp3) is 0.538. The van der Waals surface area contributed by atoms with Crippen molar-refractivity contribution in [1.29, 1.82) is 0 Å². The molecule has 2 rings (SSSR count). The Morgan fingerprint density at radius 1 is 1.05 bits per heavy atom. The summed E-state index contributed by atoms with van der Waals surface area (Å²) in [6, 6.07) is 7.80. The van der Waals surface area contributed by atoms with Gasteiger partial charge in [-0.1, -0.05) is 18.2 Å². The second-order valence-electron chi connectivity index (χ2n) is 5.17. The molecule has 22 heavy (non-hydrogen) atoms. The van der Waals surface area contributed by atoms with Crippen LogP contribution in [0.3, 0.4) is 0 Å². The molecule has 7 nitrogen and oxygen atoms in total. The van der Waals surface area contributed by atoms with E-state index in [0.29, 0.717) is 0 Å². The molecule has 0 saturated carbocycles. The summed E-state index contributed by atoms with van der Waals surface area (Å²) < 4.78 is 52.8. The van der Waals surface area contributed by atoms with Crippen LogP contribution in [0.5, 0.6) is 0 Å². The van der Waals surface area contributed by atoms with Crippen molar-refractivity contribution >= 4 is 20.0 Å². The quantitative estimate of drug-likeness (QED) is 0.625. The maximum atomic E-state index is 12.0. The molecule has 3 N–H and O–H groups in total. The predicted molar refractivity (Wildman–Crippen MR) is 84.4 cm³/mol. The molecule has 0 spiro atoms. The van der Waals surface area contributed by atoms with Gasteiger partial charge in [0.25, 0.3) is 0 Å². The van der Waals surface area contributed by atoms with Crippen molar-refractivity contribution in [3.05, 3.63) is 30.3 Å². The molecule has 0 unspecified atom stereocenters. The minimum absolute atomic E-state index is 0.0722. The second kappa shape index (κ2) is 7.51. The Morgan fingerprint density at radius 3 is 2.32 bits per heavy atom. The van der Waals surface area contributed by atoms with Crippen LogP contribution in [0.2, 0.25) is 0 Å². The van der Waals surface area contributed by atoms with Gasteiger partial charge in [0.2, 0.25) is 20.0 Å². The van der Waals surface area contributed by atoms with Crippen molar-refractivity contribution in [3.63, 3.8) is 0 Å². The first-order chi connectivity index (χ1) is 10.4. The third-order valence-electron chi connectivity index (χ3n) is 3.40. The molecule has 0 amide bonds. The number of sulfonamides is 2. The van der Waals surface area contributed by atoms with Crippen molar-refractivity contribution in [3.8, 4) is 0 Å². The fourth-order valence-corrected chi connectivity index (χ4v) is 4.66. The number of hydrogen-bond donors (Lipinski definition) is 3. The largest absolute Gasteiger partial charge is 0.317 e. The molecule has 9 heteroatoms. The highest BCUT2D eigenvalue weighted by Crippen LogP contribution is 2.07. The van der Waals surface area contributed by atoms with E-state index in [1.165, 1.54) is 12.1 Å². The first-order valence-corrected chi connectivity index (χ1v) is 10.3. The van der Waals surface area contributed by atoms with E-state index in [1.54, 1.807) is 18.2 Å². The van der Waals surface area contributed by atoms with Gasteiger partial charge in [0.1, 0.15) is 0 Å². The third kappa shape index (κ3) is 5.33. The Labute approximate surface area is 131 Å². The molecule has 0 aromatic heterocycles. The highest BCUT2D eigenvalue weighted by atomic mass is 32.2. The molecule has 0 bridgehead atoms. The van der Waals surface area contributed by atoms with Gasteiger partial charge in [0.15, 0.2) is 0 Å². The number of rotatable bonds is 7. The summed E-state index contributed by atoms with van der Waals surface area (Å²) >= 11 is 0. The van der Waals surface area contributed by atoms with Gasteiger partial charge in [-0.05, 0) is 38.1 Å². The lowest BCUT2D eigenvalue weighted by atomic mass is 10.1. The smallest absolute Gasteiger partial charge is 0.240 e. The van der Waals surface area contributed by atoms with Crippen LogP contribution in [-0.2, 0) is 20.0 Å². The van der Waals surface area contributed by atoms with Crippen molar-refractivity contribution in [1.82, 2.24) is 14.8 Å². The van der Waals surface area contributed by atoms with E-state index in [0.717, 1.165) is 25.9 Å². The lowest BCUT2D eigenvalue weighted by molar-refractivity contribution is 0.427. The Balaban J connectivity index is 1.84. The van der Waals surface area contributed by atoms with Gasteiger partial charge < -0.3 is 5.32 Å². The van der Waals surface area contributed by atoms with Gasteiger partial charge in [-0.15, -0.1) is 0 Å². The van der Waals surface area contributed by atoms with Crippen LogP contribution in [0.1, 0.15) is 12.8 Å². The van der Waals surface area contributed by atoms with E-state index in [4.69, 9.17) is 0 Å². The normalized spacial score (nSPS) is 17.5. The first-order valence-electron chi connectivity index (χ1n) is 7.14. The fourth-order valence-electron chi connectivity index (χ4n) is 2.25. The number of benzene rings is 1. The monoisotopic (exact) mass is 347 g/mol. The first kappa shape index (κ1) is 17.4. The molecule has 0 atom stereocenters. The van der Waals surface area contributed by atoms with Crippen molar-refractivity contribution in [2.75, 3.05) is 25.4 Å². The third-order valence-corrected chi connectivity index (χ3v) is 6.31. The summed E-state index contributed by atoms with van der Waals surface area (Å²) in [7, 11) is -7.16. The maximum Gasteiger partial charge on any atom is 0.240 e. The van der Waals surface area contributed by atoms with E-state index in [-0.39, 0.29) is 23.2 Å². The van der Waals surface area contributed by atoms with E-state index in [9.17, 15) is 16.8 Å². The molecular formula is C13H21N3O4S2. The lowest BCUT2D eigenvalue weighted by Crippen LogP contribution is -2.44. The summed E-state index contributed by atoms with van der Waals surface area (Å²) in [4.78, 5) is 0.124. The van der Waals surface area contributed by atoms with E-state index < -0.39 is 20.0 Å². The van der Waals surface area contributed by atoms with Gasteiger partial charge >= 0.3 is 0 Å². The molecular weight excluding hydrogens is 326 g/mol. The van der Waals surface area contributed by atoms with Crippen molar-refractivity contribution in [2.24, 2.45) is 0 Å². The van der Waals surface area contributed by atoms with Gasteiger partial charge in [-0.25, -0.2) is 26.3 Å². The Hall–Kier alpha value is -1.00. The molecule has 1 aromatic carbocycles. The van der Waals surface area contributed by atoms with Crippen LogP contribution < -0.4 is 14.8 Å². The van der Waals surface area contributed by atoms with Gasteiger partial charge in [0, 0.05) is 12.6 Å². The summed E-state index contributed by atoms with van der Waals surface area (Å²) in [5.41, 5.74) is 0. The second-order valence-corrected chi connectivity index (χ2v) is 8.81. The topological polar surface area (TPSA) is 104 Å². The van der Waals surface area contributed by atoms with Crippen molar-refractivity contribution in [2.45, 2.75) is 23.8 Å². The van der Waals surface area contributed by atoms with Crippen LogP contribution in [0.25, 0.3) is 0 Å². The molecule has 0 aliphatic carbocycles. The van der Waals surface area contributed by atoms with E-state index >= 15 is 0 Å². The highest BCUT2D eigenvalue weighted by Gasteiger charge is 2.21. The highest BCUT2D eigenvalue weighted by molar-refractivity contribution is 7.90. The Morgan fingerprint density at radius 2 is 1.68 bits per heavy atom. The molecule has 1 aromatic rings. The zero-order chi connectivity index (χ0) is 16.1. The minimum Gasteiger partial charge on any atom is -0.317 e. The molecule has 1 fully saturated rings. The van der Waals surface area contributed by atoms with Gasteiger partial charge in [0.05, 0.1) is 10.6 Å². The van der Waals surface area contributed by atoms with E-state index in [2.05, 4.69) is 14.8 Å². The molecule has 1 heterocycles. The lowest BCUT2D eigenvalue weighted by Gasteiger charge is -2.23. The summed E-state index contributed by atoms with van der Waals surface area (Å²) in [6.45, 7) is 1.42. The van der Waals surface area contributed by atoms with Crippen LogP contribution in [0, 0.1) is 0 Å². The van der Waals surface area contributed by atoms with Gasteiger partial charge in [-0.2, -0.15) is 0 Å². The summed E-state index contributed by atoms with van der Waals surface area (Å²) in [5.74, 6) is -0.275. The average Bonchev–Trinajstić information content (AvgIpc) is 2.48. The number of nitrogens with one attached hydrogen (secondary N) is 3. The van der Waals surface area contributed by atoms with E-state index in [1.807, 2.05) is 0 Å². The molecule has 1 aliphatic heterocycles. The molecule has 0 radical (unpaired) electrons. The number of piperidine rings is 1. The summed E-state index contributed by atoms with van der Waals surface area (Å²) in [5, 5.41) is 3.16. The van der Waals surface area contributed by atoms with Crippen molar-refractivity contribution < 1.29 is 16.8 Å².